The average Bonchev–Trinajstić information content (AvgIpc) is 2.16. The van der Waals surface area contributed by atoms with E-state index in [9.17, 15) is 0 Å². The first-order valence-electron chi connectivity index (χ1n) is 4.31. The van der Waals surface area contributed by atoms with Gasteiger partial charge in [-0.05, 0) is 13.0 Å². The first-order chi connectivity index (χ1) is 6.74. The van der Waals surface area contributed by atoms with Gasteiger partial charge in [0.15, 0.2) is 0 Å². The van der Waals surface area contributed by atoms with Crippen LogP contribution in [0.25, 0.3) is 0 Å². The molecule has 0 aromatic carbocycles. The molecule has 14 heavy (non-hydrogen) atoms. The molecule has 2 N–H and O–H groups in total. The molecule has 0 bridgehead atoms. The molecule has 0 heterocycles. The largest absolute Gasteiger partial charge is 0.698 e. The fourth-order valence-corrected chi connectivity index (χ4v) is 2.88. The normalized spacial score (nSPS) is 10.1. The summed E-state index contributed by atoms with van der Waals surface area (Å²) < 4.78 is 15.8. The van der Waals surface area contributed by atoms with Gasteiger partial charge in [0, 0.05) is 0 Å². The quantitative estimate of drug-likeness (QED) is 0.470. The van der Waals surface area contributed by atoms with Crippen molar-refractivity contribution >= 4 is 8.80 Å². The Labute approximate surface area is 86.0 Å². The highest BCUT2D eigenvalue weighted by atomic mass is 28.4. The molecule has 0 amide bonds. The SMILES string of the molecule is C=CO[Si](CCCN)(OC=C)OC=C. The minimum atomic E-state index is -2.75. The van der Waals surface area contributed by atoms with Crippen LogP contribution in [0.5, 0.6) is 0 Å². The van der Waals surface area contributed by atoms with Crippen LogP contribution in [0.3, 0.4) is 0 Å². The molecular weight excluding hydrogens is 198 g/mol. The topological polar surface area (TPSA) is 53.7 Å². The molecule has 80 valence electrons. The Bertz CT molecular complexity index is 170. The monoisotopic (exact) mass is 215 g/mol. The van der Waals surface area contributed by atoms with Gasteiger partial charge in [-0.1, -0.05) is 19.7 Å². The van der Waals surface area contributed by atoms with Crippen LogP contribution in [-0.4, -0.2) is 15.3 Å². The molecule has 0 rings (SSSR count). The van der Waals surface area contributed by atoms with Crippen molar-refractivity contribution < 1.29 is 13.3 Å². The molecule has 0 radical (unpaired) electrons. The molecule has 0 aliphatic carbocycles. The van der Waals surface area contributed by atoms with E-state index in [4.69, 9.17) is 19.0 Å². The first-order valence-corrected chi connectivity index (χ1v) is 6.24. The van der Waals surface area contributed by atoms with Crippen LogP contribution in [0, 0.1) is 0 Å². The van der Waals surface area contributed by atoms with Gasteiger partial charge in [-0.25, -0.2) is 0 Å². The zero-order valence-electron chi connectivity index (χ0n) is 8.28. The molecule has 0 aromatic heterocycles. The lowest BCUT2D eigenvalue weighted by Crippen LogP contribution is -2.41. The zero-order chi connectivity index (χ0) is 10.9. The Morgan fingerprint density at radius 1 is 1.00 bits per heavy atom. The van der Waals surface area contributed by atoms with Gasteiger partial charge < -0.3 is 19.0 Å². The standard InChI is InChI=1S/C9H17NO3Si/c1-4-11-14(12-5-2,13-6-3)9-7-8-10/h4-6H,1-3,7-10H2. The smallest absolute Gasteiger partial charge is 0.491 e. The van der Waals surface area contributed by atoms with Crippen LogP contribution in [0.15, 0.2) is 38.5 Å². The van der Waals surface area contributed by atoms with Gasteiger partial charge in [-0.3, -0.25) is 0 Å². The van der Waals surface area contributed by atoms with E-state index in [1.54, 1.807) is 0 Å². The highest BCUT2D eigenvalue weighted by Crippen LogP contribution is 2.18. The van der Waals surface area contributed by atoms with E-state index < -0.39 is 8.80 Å². The van der Waals surface area contributed by atoms with Crippen LogP contribution in [0.2, 0.25) is 6.04 Å². The molecule has 0 saturated heterocycles. The molecule has 4 nitrogen and oxygen atoms in total. The molecular formula is C9H17NO3Si. The molecule has 0 atom stereocenters. The minimum absolute atomic E-state index is 0.552. The summed E-state index contributed by atoms with van der Waals surface area (Å²) in [6.07, 6.45) is 4.66. The molecule has 0 aliphatic heterocycles. The summed E-state index contributed by atoms with van der Waals surface area (Å²) in [5.74, 6) is 0. The molecule has 5 heteroatoms. The minimum Gasteiger partial charge on any atom is -0.491 e. The van der Waals surface area contributed by atoms with E-state index in [0.29, 0.717) is 12.6 Å². The molecule has 0 aliphatic rings. The third-order valence-electron chi connectivity index (χ3n) is 1.48. The zero-order valence-corrected chi connectivity index (χ0v) is 9.28. The van der Waals surface area contributed by atoms with Crippen molar-refractivity contribution in [3.8, 4) is 0 Å². The summed E-state index contributed by atoms with van der Waals surface area (Å²) in [5, 5.41) is 0. The summed E-state index contributed by atoms with van der Waals surface area (Å²) in [7, 11) is -2.75. The van der Waals surface area contributed by atoms with E-state index >= 15 is 0 Å². The van der Waals surface area contributed by atoms with Gasteiger partial charge in [0.25, 0.3) is 0 Å². The maximum absolute atomic E-state index is 5.40. The summed E-state index contributed by atoms with van der Waals surface area (Å²) in [5.41, 5.74) is 5.40. The van der Waals surface area contributed by atoms with Crippen molar-refractivity contribution in [2.24, 2.45) is 5.73 Å². The number of hydrogen-bond donors (Lipinski definition) is 1. The second-order valence-corrected chi connectivity index (χ2v) is 5.00. The molecule has 0 fully saturated rings. The molecule has 0 saturated carbocycles. The summed E-state index contributed by atoms with van der Waals surface area (Å²) >= 11 is 0. The van der Waals surface area contributed by atoms with E-state index in [-0.39, 0.29) is 0 Å². The van der Waals surface area contributed by atoms with Crippen molar-refractivity contribution in [2.45, 2.75) is 12.5 Å². The lowest BCUT2D eigenvalue weighted by Gasteiger charge is -2.25. The maximum Gasteiger partial charge on any atom is 0.698 e. The third kappa shape index (κ3) is 4.15. The number of nitrogens with two attached hydrogens (primary N) is 1. The van der Waals surface area contributed by atoms with Crippen LogP contribution >= 0.6 is 0 Å². The van der Waals surface area contributed by atoms with Crippen molar-refractivity contribution in [1.82, 2.24) is 0 Å². The molecule has 0 aromatic rings. The second kappa shape index (κ2) is 7.22. The van der Waals surface area contributed by atoms with E-state index in [2.05, 4.69) is 19.7 Å². The lowest BCUT2D eigenvalue weighted by atomic mass is 10.5. The van der Waals surface area contributed by atoms with E-state index in [1.165, 1.54) is 18.8 Å². The number of hydrogen-bond acceptors (Lipinski definition) is 4. The molecule has 0 spiro atoms. The highest BCUT2D eigenvalue weighted by Gasteiger charge is 2.45. The lowest BCUT2D eigenvalue weighted by molar-refractivity contribution is 0.180. The highest BCUT2D eigenvalue weighted by molar-refractivity contribution is 6.61. The van der Waals surface area contributed by atoms with Gasteiger partial charge in [-0.15, -0.1) is 0 Å². The fraction of sp³-hybridized carbons (Fsp3) is 0.333. The van der Waals surface area contributed by atoms with Crippen molar-refractivity contribution in [3.05, 3.63) is 38.5 Å². The van der Waals surface area contributed by atoms with Crippen LogP contribution in [0.1, 0.15) is 6.42 Å². The Morgan fingerprint density at radius 3 is 1.71 bits per heavy atom. The van der Waals surface area contributed by atoms with E-state index in [0.717, 1.165) is 6.42 Å². The molecule has 0 unspecified atom stereocenters. The Morgan fingerprint density at radius 2 is 1.43 bits per heavy atom. The van der Waals surface area contributed by atoms with Crippen molar-refractivity contribution in [1.29, 1.82) is 0 Å². The Kier molecular flexibility index (Phi) is 6.60. The second-order valence-electron chi connectivity index (χ2n) is 2.43. The fourth-order valence-electron chi connectivity index (χ4n) is 0.960. The third-order valence-corrected chi connectivity index (χ3v) is 4.02. The van der Waals surface area contributed by atoms with Crippen LogP contribution < -0.4 is 5.73 Å². The first kappa shape index (κ1) is 12.8. The average molecular weight is 215 g/mol. The Balaban J connectivity index is 4.43. The van der Waals surface area contributed by atoms with Crippen molar-refractivity contribution in [2.75, 3.05) is 6.54 Å². The van der Waals surface area contributed by atoms with Gasteiger partial charge in [-0.2, -0.15) is 0 Å². The summed E-state index contributed by atoms with van der Waals surface area (Å²) in [6.45, 7) is 11.0. The van der Waals surface area contributed by atoms with Crippen molar-refractivity contribution in [3.63, 3.8) is 0 Å². The van der Waals surface area contributed by atoms with Gasteiger partial charge in [0.1, 0.15) is 0 Å². The van der Waals surface area contributed by atoms with Gasteiger partial charge in [0.2, 0.25) is 0 Å². The van der Waals surface area contributed by atoms with Crippen LogP contribution in [-0.2, 0) is 13.3 Å². The number of rotatable bonds is 9. The maximum atomic E-state index is 5.40. The van der Waals surface area contributed by atoms with Gasteiger partial charge in [0.05, 0.1) is 24.8 Å². The Hall–Kier alpha value is -1.20. The predicted octanol–water partition coefficient (Wildman–Crippen LogP) is 1.75. The van der Waals surface area contributed by atoms with Crippen LogP contribution in [0.4, 0.5) is 0 Å². The van der Waals surface area contributed by atoms with E-state index in [1.807, 2.05) is 0 Å². The predicted molar refractivity (Wildman–Crippen MR) is 58.1 cm³/mol. The summed E-state index contributed by atoms with van der Waals surface area (Å²) in [6, 6.07) is 0.605. The van der Waals surface area contributed by atoms with Gasteiger partial charge >= 0.3 is 8.80 Å². The summed E-state index contributed by atoms with van der Waals surface area (Å²) in [4.78, 5) is 0.